The van der Waals surface area contributed by atoms with E-state index in [0.717, 1.165) is 12.1 Å². The second-order valence-electron chi connectivity index (χ2n) is 3.72. The molecule has 1 aromatic carbocycles. The van der Waals surface area contributed by atoms with Crippen LogP contribution in [0.1, 0.15) is 18.0 Å². The molecule has 0 spiro atoms. The molecule has 0 saturated carbocycles. The zero-order valence-electron chi connectivity index (χ0n) is 8.11. The Balaban J connectivity index is 2.22. The minimum Gasteiger partial charge on any atom is -0.481 e. The molecule has 0 radical (unpaired) electrons. The Morgan fingerprint density at radius 3 is 2.67 bits per heavy atom. The lowest BCUT2D eigenvalue weighted by atomic mass is 9.94. The van der Waals surface area contributed by atoms with Gasteiger partial charge in [-0.3, -0.25) is 4.79 Å². The Labute approximate surface area is 93.1 Å². The minimum absolute atomic E-state index is 0.0835. The van der Waals surface area contributed by atoms with E-state index >= 15 is 0 Å². The molecule has 0 aromatic heterocycles. The maximum absolute atomic E-state index is 11.0. The number of hydrogen-bond donors (Lipinski definition) is 2. The molecular weight excluding hydrogens is 214 g/mol. The summed E-state index contributed by atoms with van der Waals surface area (Å²) >= 11 is 5.78. The fraction of sp³-hybridized carbons (Fsp3) is 0.364. The standard InChI is InChI=1S/C11H12ClNO2/c12-8-3-1-7(2-4-8)10-9(11(14)15)5-6-13-10/h1-4,9-10,13H,5-6H2,(H,14,15)/t9-,10-/m1/s1. The second kappa shape index (κ2) is 4.21. The fourth-order valence-corrected chi connectivity index (χ4v) is 2.12. The van der Waals surface area contributed by atoms with E-state index in [-0.39, 0.29) is 12.0 Å². The Morgan fingerprint density at radius 2 is 2.07 bits per heavy atom. The van der Waals surface area contributed by atoms with Crippen molar-refractivity contribution < 1.29 is 9.90 Å². The Kier molecular flexibility index (Phi) is 2.93. The summed E-state index contributed by atoms with van der Waals surface area (Å²) < 4.78 is 0. The zero-order chi connectivity index (χ0) is 10.8. The minimum atomic E-state index is -0.736. The van der Waals surface area contributed by atoms with Gasteiger partial charge in [0.05, 0.1) is 5.92 Å². The molecule has 2 N–H and O–H groups in total. The van der Waals surface area contributed by atoms with E-state index in [1.54, 1.807) is 12.1 Å². The molecule has 2 atom stereocenters. The van der Waals surface area contributed by atoms with Crippen molar-refractivity contribution in [2.24, 2.45) is 5.92 Å². The van der Waals surface area contributed by atoms with Crippen LogP contribution >= 0.6 is 11.6 Å². The van der Waals surface area contributed by atoms with Crippen molar-refractivity contribution in [1.29, 1.82) is 0 Å². The molecule has 3 nitrogen and oxygen atoms in total. The summed E-state index contributed by atoms with van der Waals surface area (Å²) in [6, 6.07) is 7.24. The van der Waals surface area contributed by atoms with Gasteiger partial charge >= 0.3 is 5.97 Å². The lowest BCUT2D eigenvalue weighted by Gasteiger charge is -2.16. The summed E-state index contributed by atoms with van der Waals surface area (Å²) in [7, 11) is 0. The van der Waals surface area contributed by atoms with Crippen LogP contribution in [0, 0.1) is 5.92 Å². The molecule has 1 fully saturated rings. The molecule has 1 aliphatic heterocycles. The number of benzene rings is 1. The number of rotatable bonds is 2. The number of halogens is 1. The van der Waals surface area contributed by atoms with Gasteiger partial charge in [0, 0.05) is 11.1 Å². The molecular formula is C11H12ClNO2. The van der Waals surface area contributed by atoms with Crippen LogP contribution in [0.2, 0.25) is 5.02 Å². The summed E-state index contributed by atoms with van der Waals surface area (Å²) in [5.74, 6) is -1.06. The Hall–Kier alpha value is -1.06. The maximum atomic E-state index is 11.0. The van der Waals surface area contributed by atoms with E-state index in [1.807, 2.05) is 12.1 Å². The largest absolute Gasteiger partial charge is 0.481 e. The number of carbonyl (C=O) groups is 1. The smallest absolute Gasteiger partial charge is 0.308 e. The molecule has 1 heterocycles. The third kappa shape index (κ3) is 2.13. The molecule has 0 unspecified atom stereocenters. The SMILES string of the molecule is O=C(O)[C@@H]1CCN[C@@H]1c1ccc(Cl)cc1. The van der Waals surface area contributed by atoms with Crippen LogP contribution in [0.25, 0.3) is 0 Å². The van der Waals surface area contributed by atoms with Crippen LogP contribution in [0.3, 0.4) is 0 Å². The van der Waals surface area contributed by atoms with Crippen LogP contribution in [-0.4, -0.2) is 17.6 Å². The van der Waals surface area contributed by atoms with Gasteiger partial charge in [-0.1, -0.05) is 23.7 Å². The van der Waals surface area contributed by atoms with Gasteiger partial charge < -0.3 is 10.4 Å². The summed E-state index contributed by atoms with van der Waals surface area (Å²) in [5, 5.41) is 12.9. The number of hydrogen-bond acceptors (Lipinski definition) is 2. The highest BCUT2D eigenvalue weighted by Gasteiger charge is 2.33. The molecule has 0 aliphatic carbocycles. The molecule has 80 valence electrons. The lowest BCUT2D eigenvalue weighted by Crippen LogP contribution is -2.23. The van der Waals surface area contributed by atoms with E-state index < -0.39 is 5.97 Å². The first kappa shape index (κ1) is 10.5. The molecule has 1 aromatic rings. The average molecular weight is 226 g/mol. The first-order valence-electron chi connectivity index (χ1n) is 4.90. The topological polar surface area (TPSA) is 49.3 Å². The van der Waals surface area contributed by atoms with Gasteiger partial charge in [0.15, 0.2) is 0 Å². The van der Waals surface area contributed by atoms with Crippen LogP contribution in [-0.2, 0) is 4.79 Å². The highest BCUT2D eigenvalue weighted by atomic mass is 35.5. The highest BCUT2D eigenvalue weighted by molar-refractivity contribution is 6.30. The van der Waals surface area contributed by atoms with E-state index in [1.165, 1.54) is 0 Å². The van der Waals surface area contributed by atoms with Crippen LogP contribution in [0.4, 0.5) is 0 Å². The van der Waals surface area contributed by atoms with E-state index in [9.17, 15) is 4.79 Å². The van der Waals surface area contributed by atoms with Gasteiger partial charge in [-0.2, -0.15) is 0 Å². The van der Waals surface area contributed by atoms with Gasteiger partial charge in [-0.05, 0) is 30.7 Å². The van der Waals surface area contributed by atoms with Gasteiger partial charge in [0.25, 0.3) is 0 Å². The third-order valence-electron chi connectivity index (χ3n) is 2.77. The van der Waals surface area contributed by atoms with E-state index in [4.69, 9.17) is 16.7 Å². The number of carboxylic acids is 1. The third-order valence-corrected chi connectivity index (χ3v) is 3.02. The van der Waals surface area contributed by atoms with Crippen molar-refractivity contribution in [1.82, 2.24) is 5.32 Å². The van der Waals surface area contributed by atoms with Crippen molar-refractivity contribution in [3.63, 3.8) is 0 Å². The molecule has 1 saturated heterocycles. The molecule has 0 amide bonds. The van der Waals surface area contributed by atoms with E-state index in [2.05, 4.69) is 5.32 Å². The van der Waals surface area contributed by atoms with E-state index in [0.29, 0.717) is 11.4 Å². The lowest BCUT2D eigenvalue weighted by molar-refractivity contribution is -0.142. The van der Waals surface area contributed by atoms with Crippen LogP contribution in [0.15, 0.2) is 24.3 Å². The molecule has 1 aliphatic rings. The predicted octanol–water partition coefficient (Wildman–Crippen LogP) is 2.08. The normalized spacial score (nSPS) is 25.4. The maximum Gasteiger partial charge on any atom is 0.308 e. The first-order valence-corrected chi connectivity index (χ1v) is 5.28. The Morgan fingerprint density at radius 1 is 1.40 bits per heavy atom. The first-order chi connectivity index (χ1) is 7.18. The van der Waals surface area contributed by atoms with Crippen molar-refractivity contribution in [3.05, 3.63) is 34.9 Å². The highest BCUT2D eigenvalue weighted by Crippen LogP contribution is 2.30. The molecule has 2 rings (SSSR count). The van der Waals surface area contributed by atoms with Crippen molar-refractivity contribution in [3.8, 4) is 0 Å². The second-order valence-corrected chi connectivity index (χ2v) is 4.15. The monoisotopic (exact) mass is 225 g/mol. The summed E-state index contributed by atoms with van der Waals surface area (Å²) in [5.41, 5.74) is 0.990. The van der Waals surface area contributed by atoms with Crippen LogP contribution in [0.5, 0.6) is 0 Å². The van der Waals surface area contributed by atoms with Crippen LogP contribution < -0.4 is 5.32 Å². The van der Waals surface area contributed by atoms with Crippen molar-refractivity contribution in [2.45, 2.75) is 12.5 Å². The number of aliphatic carboxylic acids is 1. The molecule has 0 bridgehead atoms. The van der Waals surface area contributed by atoms with Gasteiger partial charge in [0.1, 0.15) is 0 Å². The fourth-order valence-electron chi connectivity index (χ4n) is 1.99. The van der Waals surface area contributed by atoms with Gasteiger partial charge in [0.2, 0.25) is 0 Å². The average Bonchev–Trinajstić information content (AvgIpc) is 2.67. The summed E-state index contributed by atoms with van der Waals surface area (Å²) in [6.07, 6.45) is 0.683. The summed E-state index contributed by atoms with van der Waals surface area (Å²) in [6.45, 7) is 0.754. The molecule has 15 heavy (non-hydrogen) atoms. The van der Waals surface area contributed by atoms with Gasteiger partial charge in [-0.25, -0.2) is 0 Å². The van der Waals surface area contributed by atoms with Crippen molar-refractivity contribution in [2.75, 3.05) is 6.54 Å². The predicted molar refractivity (Wildman–Crippen MR) is 57.9 cm³/mol. The zero-order valence-corrected chi connectivity index (χ0v) is 8.87. The van der Waals surface area contributed by atoms with Crippen molar-refractivity contribution >= 4 is 17.6 Å². The van der Waals surface area contributed by atoms with Gasteiger partial charge in [-0.15, -0.1) is 0 Å². The summed E-state index contributed by atoms with van der Waals surface area (Å²) in [4.78, 5) is 11.0. The molecule has 4 heteroatoms. The number of nitrogens with one attached hydrogen (secondary N) is 1. The number of carboxylic acid groups (broad SMARTS) is 1. The quantitative estimate of drug-likeness (QED) is 0.810. The Bertz CT molecular complexity index is 363.